The first-order valence-corrected chi connectivity index (χ1v) is 12.3. The normalized spacial score (nSPS) is 21.2. The molecule has 37 heavy (non-hydrogen) atoms. The van der Waals surface area contributed by atoms with Crippen LogP contribution < -0.4 is 5.32 Å². The van der Waals surface area contributed by atoms with Gasteiger partial charge in [-0.15, -0.1) is 0 Å². The van der Waals surface area contributed by atoms with Crippen LogP contribution in [0.2, 0.25) is 0 Å². The van der Waals surface area contributed by atoms with E-state index in [0.29, 0.717) is 23.0 Å². The standard InChI is InChI=1S/C28H28FN5O3/c1-16(2)11-23(33(4)25(35)22-13-17-12-18(29)9-10-20(17)31-22)26(36)34-15-28(14-24(34)30-3)19-7-5-6-8-21(19)32-27(28)37/h5-10,12-13,16,23-24,31H,11,14-15H2,1-2,4H3,(H,32,37)/t23-,24-,28-/m0/s1. The number of H-pyrrole nitrogens is 1. The number of hydrogen-bond acceptors (Lipinski definition) is 3. The van der Waals surface area contributed by atoms with Gasteiger partial charge in [0.05, 0.1) is 6.42 Å². The number of aromatic amines is 1. The van der Waals surface area contributed by atoms with Crippen LogP contribution in [0.15, 0.2) is 48.5 Å². The summed E-state index contributed by atoms with van der Waals surface area (Å²) in [6, 6.07) is 12.3. The second-order valence-electron chi connectivity index (χ2n) is 10.3. The number of hydrogen-bond donors (Lipinski definition) is 2. The van der Waals surface area contributed by atoms with Gasteiger partial charge in [-0.1, -0.05) is 32.0 Å². The zero-order chi connectivity index (χ0) is 26.5. The minimum atomic E-state index is -0.992. The van der Waals surface area contributed by atoms with Crippen LogP contribution in [0.1, 0.15) is 42.7 Å². The minimum Gasteiger partial charge on any atom is -0.351 e. The molecular weight excluding hydrogens is 473 g/mol. The lowest BCUT2D eigenvalue weighted by Gasteiger charge is -2.32. The Morgan fingerprint density at radius 3 is 2.73 bits per heavy atom. The van der Waals surface area contributed by atoms with Crippen LogP contribution >= 0.6 is 0 Å². The first kappa shape index (κ1) is 24.5. The van der Waals surface area contributed by atoms with E-state index in [4.69, 9.17) is 6.57 Å². The van der Waals surface area contributed by atoms with Gasteiger partial charge in [0.15, 0.2) is 0 Å². The lowest BCUT2D eigenvalue weighted by Crippen LogP contribution is -2.51. The number of likely N-dealkylation sites (tertiary alicyclic amines) is 1. The van der Waals surface area contributed by atoms with E-state index in [1.165, 1.54) is 21.9 Å². The van der Waals surface area contributed by atoms with Crippen molar-refractivity contribution in [3.8, 4) is 0 Å². The molecule has 1 saturated heterocycles. The van der Waals surface area contributed by atoms with Gasteiger partial charge in [0.25, 0.3) is 11.8 Å². The number of likely N-dealkylation sites (N-methyl/N-ethyl adjacent to an activating group) is 1. The van der Waals surface area contributed by atoms with Crippen molar-refractivity contribution in [2.24, 2.45) is 5.92 Å². The molecule has 1 aromatic heterocycles. The van der Waals surface area contributed by atoms with Crippen molar-refractivity contribution in [3.63, 3.8) is 0 Å². The van der Waals surface area contributed by atoms with Gasteiger partial charge in [-0.2, -0.15) is 0 Å². The molecule has 190 valence electrons. The average molecular weight is 502 g/mol. The van der Waals surface area contributed by atoms with Gasteiger partial charge in [-0.3, -0.25) is 24.1 Å². The molecule has 1 spiro atoms. The number of aromatic nitrogens is 1. The van der Waals surface area contributed by atoms with Gasteiger partial charge >= 0.3 is 6.17 Å². The van der Waals surface area contributed by atoms with E-state index < -0.39 is 29.3 Å². The maximum atomic E-state index is 14.0. The van der Waals surface area contributed by atoms with Crippen molar-refractivity contribution in [1.82, 2.24) is 14.8 Å². The SMILES string of the molecule is [C-]#[N+][C@@H]1C[C@@]2(CN1C(=O)[C@H](CC(C)C)N(C)C(=O)c1cc3cc(F)ccc3[nH]1)C(=O)Nc1ccccc12. The summed E-state index contributed by atoms with van der Waals surface area (Å²) in [7, 11) is 1.57. The van der Waals surface area contributed by atoms with Crippen LogP contribution in [-0.2, 0) is 15.0 Å². The van der Waals surface area contributed by atoms with Gasteiger partial charge in [-0.25, -0.2) is 11.0 Å². The second-order valence-corrected chi connectivity index (χ2v) is 10.3. The number of benzene rings is 2. The Bertz CT molecular complexity index is 1460. The Kier molecular flexibility index (Phi) is 5.98. The highest BCUT2D eigenvalue weighted by atomic mass is 19.1. The number of carbonyl (C=O) groups is 3. The highest BCUT2D eigenvalue weighted by Gasteiger charge is 2.59. The van der Waals surface area contributed by atoms with Gasteiger partial charge in [0, 0.05) is 30.2 Å². The predicted octanol–water partition coefficient (Wildman–Crippen LogP) is 4.16. The fraction of sp³-hybridized carbons (Fsp3) is 0.357. The van der Waals surface area contributed by atoms with E-state index in [0.717, 1.165) is 5.56 Å². The summed E-state index contributed by atoms with van der Waals surface area (Å²) in [5, 5.41) is 3.46. The van der Waals surface area contributed by atoms with E-state index in [1.807, 2.05) is 38.1 Å². The Hall–Kier alpha value is -4.19. The molecule has 2 aromatic carbocycles. The van der Waals surface area contributed by atoms with Crippen molar-refractivity contribution in [2.45, 2.75) is 44.3 Å². The first-order chi connectivity index (χ1) is 17.6. The monoisotopic (exact) mass is 501 g/mol. The summed E-state index contributed by atoms with van der Waals surface area (Å²) in [6.07, 6.45) is -0.240. The Morgan fingerprint density at radius 2 is 2.00 bits per heavy atom. The van der Waals surface area contributed by atoms with Gasteiger partial charge in [0.2, 0.25) is 5.91 Å². The number of halogens is 1. The van der Waals surface area contributed by atoms with Gasteiger partial charge in [0.1, 0.15) is 23.0 Å². The maximum absolute atomic E-state index is 14.0. The number of rotatable bonds is 5. The summed E-state index contributed by atoms with van der Waals surface area (Å²) in [6.45, 7) is 11.8. The molecule has 2 N–H and O–H groups in total. The zero-order valence-corrected chi connectivity index (χ0v) is 20.9. The summed E-state index contributed by atoms with van der Waals surface area (Å²) in [4.78, 5) is 50.2. The molecule has 5 rings (SSSR count). The van der Waals surface area contributed by atoms with Crippen LogP contribution in [-0.4, -0.2) is 58.3 Å². The molecule has 3 aromatic rings. The molecule has 9 heteroatoms. The molecule has 0 bridgehead atoms. The molecule has 3 atom stereocenters. The molecule has 8 nitrogen and oxygen atoms in total. The predicted molar refractivity (Wildman–Crippen MR) is 137 cm³/mol. The fourth-order valence-corrected chi connectivity index (χ4v) is 5.57. The highest BCUT2D eigenvalue weighted by molar-refractivity contribution is 6.07. The van der Waals surface area contributed by atoms with Crippen molar-refractivity contribution in [2.75, 3.05) is 18.9 Å². The summed E-state index contributed by atoms with van der Waals surface area (Å²) in [5.41, 5.74) is 1.36. The first-order valence-electron chi connectivity index (χ1n) is 12.3. The van der Waals surface area contributed by atoms with Gasteiger partial charge < -0.3 is 15.2 Å². The van der Waals surface area contributed by atoms with Crippen molar-refractivity contribution in [1.29, 1.82) is 0 Å². The van der Waals surface area contributed by atoms with E-state index >= 15 is 0 Å². The van der Waals surface area contributed by atoms with Gasteiger partial charge in [-0.05, 0) is 48.2 Å². The molecule has 2 aliphatic heterocycles. The summed E-state index contributed by atoms with van der Waals surface area (Å²) >= 11 is 0. The number of nitrogens with zero attached hydrogens (tertiary/aromatic N) is 3. The Morgan fingerprint density at radius 1 is 1.24 bits per heavy atom. The zero-order valence-electron chi connectivity index (χ0n) is 20.9. The summed E-state index contributed by atoms with van der Waals surface area (Å²) < 4.78 is 13.7. The molecule has 0 unspecified atom stereocenters. The quantitative estimate of drug-likeness (QED) is 0.515. The van der Waals surface area contributed by atoms with E-state index in [1.54, 1.807) is 19.2 Å². The van der Waals surface area contributed by atoms with Crippen LogP contribution in [0.25, 0.3) is 15.7 Å². The van der Waals surface area contributed by atoms with Crippen LogP contribution in [0, 0.1) is 18.3 Å². The lowest BCUT2D eigenvalue weighted by atomic mass is 9.80. The molecule has 3 heterocycles. The molecule has 0 radical (unpaired) electrons. The van der Waals surface area contributed by atoms with Crippen molar-refractivity contribution < 1.29 is 18.8 Å². The van der Waals surface area contributed by atoms with E-state index in [9.17, 15) is 18.8 Å². The third-order valence-electron chi connectivity index (χ3n) is 7.47. The number of nitrogens with one attached hydrogen (secondary N) is 2. The van der Waals surface area contributed by atoms with E-state index in [-0.39, 0.29) is 36.4 Å². The molecule has 1 fully saturated rings. The topological polar surface area (TPSA) is 89.9 Å². The number of amides is 3. The third kappa shape index (κ3) is 4.02. The van der Waals surface area contributed by atoms with Crippen molar-refractivity contribution in [3.05, 3.63) is 77.0 Å². The molecule has 2 aliphatic rings. The summed E-state index contributed by atoms with van der Waals surface area (Å²) in [5.74, 6) is -1.31. The fourth-order valence-electron chi connectivity index (χ4n) is 5.57. The van der Waals surface area contributed by atoms with Crippen LogP contribution in [0.3, 0.4) is 0 Å². The second kappa shape index (κ2) is 9.04. The molecule has 3 amide bonds. The van der Waals surface area contributed by atoms with Crippen molar-refractivity contribution >= 4 is 34.3 Å². The highest BCUT2D eigenvalue weighted by Crippen LogP contribution is 2.47. The minimum absolute atomic E-state index is 0.0734. The maximum Gasteiger partial charge on any atom is 0.302 e. The third-order valence-corrected chi connectivity index (χ3v) is 7.47. The van der Waals surface area contributed by atoms with Crippen LogP contribution in [0.5, 0.6) is 0 Å². The molecule has 0 saturated carbocycles. The number of para-hydroxylation sites is 1. The molecule has 0 aliphatic carbocycles. The Labute approximate surface area is 214 Å². The number of anilines is 1. The van der Waals surface area contributed by atoms with E-state index in [2.05, 4.69) is 15.1 Å². The molecular formula is C28H28FN5O3. The Balaban J connectivity index is 1.46. The lowest BCUT2D eigenvalue weighted by molar-refractivity contribution is -0.136. The number of fused-ring (bicyclic) bond motifs is 3. The number of carbonyl (C=O) groups excluding carboxylic acids is 3. The average Bonchev–Trinajstić information content (AvgIpc) is 3.55. The largest absolute Gasteiger partial charge is 0.351 e. The van der Waals surface area contributed by atoms with Crippen LogP contribution in [0.4, 0.5) is 10.1 Å². The smallest absolute Gasteiger partial charge is 0.302 e.